The number of likely N-dealkylation sites (N-methyl/N-ethyl adjacent to an activating group) is 1. The second-order valence-electron chi connectivity index (χ2n) is 11.9. The number of piperidine rings is 1. The van der Waals surface area contributed by atoms with Gasteiger partial charge in [-0.3, -0.25) is 4.98 Å². The highest BCUT2D eigenvalue weighted by molar-refractivity contribution is 5.95. The molecule has 3 aliphatic heterocycles. The molecule has 3 aliphatic rings. The lowest BCUT2D eigenvalue weighted by molar-refractivity contribution is 0.119. The van der Waals surface area contributed by atoms with E-state index in [0.29, 0.717) is 62.1 Å². The summed E-state index contributed by atoms with van der Waals surface area (Å²) in [6, 6.07) is 11.9. The normalized spacial score (nSPS) is 20.9. The Morgan fingerprint density at radius 2 is 1.81 bits per heavy atom. The number of pyridine rings is 1. The summed E-state index contributed by atoms with van der Waals surface area (Å²) in [5, 5.41) is 1.50. The summed E-state index contributed by atoms with van der Waals surface area (Å²) in [6.45, 7) is 5.35. The summed E-state index contributed by atoms with van der Waals surface area (Å²) in [6.07, 6.45) is 7.92. The first-order chi connectivity index (χ1) is 20.5. The molecule has 0 aliphatic carbocycles. The lowest BCUT2D eigenvalue weighted by Gasteiger charge is -2.39. The van der Waals surface area contributed by atoms with Gasteiger partial charge in [0.05, 0.1) is 18.4 Å². The fourth-order valence-corrected chi connectivity index (χ4v) is 6.85. The largest absolute Gasteiger partial charge is 0.462 e. The molecule has 0 radical (unpaired) electrons. The first-order valence-corrected chi connectivity index (χ1v) is 15.0. The van der Waals surface area contributed by atoms with Crippen LogP contribution >= 0.6 is 0 Å². The number of rotatable bonds is 5. The third kappa shape index (κ3) is 4.93. The molecule has 1 saturated heterocycles. The lowest BCUT2D eigenvalue weighted by Crippen LogP contribution is -2.42. The van der Waals surface area contributed by atoms with Gasteiger partial charge in [0.2, 0.25) is 0 Å². The Bertz CT molecular complexity index is 1620. The highest BCUT2D eigenvalue weighted by Gasteiger charge is 2.32. The molecule has 2 atom stereocenters. The van der Waals surface area contributed by atoms with Gasteiger partial charge < -0.3 is 19.4 Å². The van der Waals surface area contributed by atoms with Crippen molar-refractivity contribution in [3.8, 4) is 6.01 Å². The molecule has 0 spiro atoms. The number of hydrogen-bond donors (Lipinski definition) is 0. The van der Waals surface area contributed by atoms with Crippen LogP contribution in [0.4, 0.5) is 20.3 Å². The molecule has 9 heteroatoms. The molecule has 42 heavy (non-hydrogen) atoms. The van der Waals surface area contributed by atoms with Crippen LogP contribution in [0.3, 0.4) is 0 Å². The second kappa shape index (κ2) is 11.1. The van der Waals surface area contributed by atoms with Crippen molar-refractivity contribution in [1.29, 1.82) is 0 Å². The zero-order valence-corrected chi connectivity index (χ0v) is 24.2. The number of aromatic nitrogens is 3. The fraction of sp³-hybridized carbons (Fsp3) is 0.424. The number of fused-ring (bicyclic) bond motifs is 3. The van der Waals surface area contributed by atoms with E-state index in [-0.39, 0.29) is 17.7 Å². The van der Waals surface area contributed by atoms with Gasteiger partial charge in [0.1, 0.15) is 24.1 Å². The minimum atomic E-state index is -0.284. The van der Waals surface area contributed by atoms with E-state index >= 15 is 4.39 Å². The van der Waals surface area contributed by atoms with Crippen LogP contribution in [0, 0.1) is 11.6 Å². The van der Waals surface area contributed by atoms with Crippen LogP contribution in [0.25, 0.3) is 10.8 Å². The van der Waals surface area contributed by atoms with Crippen molar-refractivity contribution in [3.63, 3.8) is 0 Å². The van der Waals surface area contributed by atoms with E-state index < -0.39 is 0 Å². The van der Waals surface area contributed by atoms with Crippen LogP contribution in [0.1, 0.15) is 48.6 Å². The Balaban J connectivity index is 1.26. The van der Waals surface area contributed by atoms with Crippen molar-refractivity contribution >= 4 is 22.3 Å². The standard InChI is InChI=1S/C33H36F2N6O/c1-21-15-23-16-36-17-28(35)26(23)18-41(21)32-25-12-14-40(30-11-6-8-22-7-5-10-27(34)31(22)30)19-29(25)37-33(38-32)42-20-24-9-3-4-13-39(24)2/h5-8,10-11,16-17,21,24H,3-4,9,12-15,18-20H2,1-2H3/t21-,24+/m1/s1. The van der Waals surface area contributed by atoms with E-state index in [9.17, 15) is 4.39 Å². The molecular weight excluding hydrogens is 534 g/mol. The number of benzene rings is 2. The summed E-state index contributed by atoms with van der Waals surface area (Å²) in [5.41, 5.74) is 4.41. The Labute approximate surface area is 245 Å². The van der Waals surface area contributed by atoms with Crippen molar-refractivity contribution in [3.05, 3.63) is 82.8 Å². The molecular formula is C33H36F2N6O. The Hall–Kier alpha value is -3.85. The van der Waals surface area contributed by atoms with Crippen LogP contribution in [0.2, 0.25) is 0 Å². The molecule has 2 aromatic carbocycles. The second-order valence-corrected chi connectivity index (χ2v) is 11.9. The number of anilines is 2. The van der Waals surface area contributed by atoms with E-state index in [1.807, 2.05) is 24.3 Å². The van der Waals surface area contributed by atoms with Gasteiger partial charge in [0.15, 0.2) is 0 Å². The van der Waals surface area contributed by atoms with Gasteiger partial charge in [-0.1, -0.05) is 30.7 Å². The Morgan fingerprint density at radius 3 is 2.67 bits per heavy atom. The summed E-state index contributed by atoms with van der Waals surface area (Å²) < 4.78 is 36.3. The third-order valence-electron chi connectivity index (χ3n) is 9.26. The molecule has 218 valence electrons. The van der Waals surface area contributed by atoms with E-state index in [0.717, 1.165) is 46.7 Å². The molecule has 0 unspecified atom stereocenters. The van der Waals surface area contributed by atoms with Crippen molar-refractivity contribution in [2.45, 2.75) is 64.2 Å². The number of hydrogen-bond acceptors (Lipinski definition) is 7. The van der Waals surface area contributed by atoms with E-state index in [1.165, 1.54) is 25.1 Å². The van der Waals surface area contributed by atoms with Crippen molar-refractivity contribution < 1.29 is 13.5 Å². The minimum absolute atomic E-state index is 0.0996. The van der Waals surface area contributed by atoms with E-state index in [2.05, 4.69) is 33.7 Å². The molecule has 0 amide bonds. The zero-order chi connectivity index (χ0) is 28.8. The lowest BCUT2D eigenvalue weighted by atomic mass is 9.95. The molecule has 0 saturated carbocycles. The van der Waals surface area contributed by atoms with Crippen LogP contribution in [-0.2, 0) is 25.9 Å². The zero-order valence-electron chi connectivity index (χ0n) is 24.2. The summed E-state index contributed by atoms with van der Waals surface area (Å²) in [4.78, 5) is 20.8. The van der Waals surface area contributed by atoms with Gasteiger partial charge in [-0.2, -0.15) is 9.97 Å². The molecule has 5 heterocycles. The number of nitrogens with zero attached hydrogens (tertiary/aromatic N) is 6. The maximum absolute atomic E-state index is 15.1. The minimum Gasteiger partial charge on any atom is -0.462 e. The van der Waals surface area contributed by atoms with E-state index in [4.69, 9.17) is 14.7 Å². The van der Waals surface area contributed by atoms with Crippen molar-refractivity contribution in [1.82, 2.24) is 19.9 Å². The third-order valence-corrected chi connectivity index (χ3v) is 9.26. The molecule has 4 aromatic rings. The van der Waals surface area contributed by atoms with Crippen molar-refractivity contribution in [2.24, 2.45) is 0 Å². The first kappa shape index (κ1) is 27.0. The Kier molecular flexibility index (Phi) is 7.14. The highest BCUT2D eigenvalue weighted by atomic mass is 19.1. The van der Waals surface area contributed by atoms with E-state index in [1.54, 1.807) is 12.3 Å². The summed E-state index contributed by atoms with van der Waals surface area (Å²) in [5.74, 6) is 0.300. The van der Waals surface area contributed by atoms with Gasteiger partial charge in [0.25, 0.3) is 0 Å². The molecule has 0 bridgehead atoms. The number of likely N-dealkylation sites (tertiary alicyclic amines) is 1. The van der Waals surface area contributed by atoms with Gasteiger partial charge >= 0.3 is 6.01 Å². The Morgan fingerprint density at radius 1 is 0.952 bits per heavy atom. The topological polar surface area (TPSA) is 57.6 Å². The predicted octanol–water partition coefficient (Wildman–Crippen LogP) is 5.68. The van der Waals surface area contributed by atoms with Gasteiger partial charge in [-0.25, -0.2) is 8.78 Å². The monoisotopic (exact) mass is 570 g/mol. The van der Waals surface area contributed by atoms with Crippen LogP contribution < -0.4 is 14.5 Å². The highest BCUT2D eigenvalue weighted by Crippen LogP contribution is 2.37. The van der Waals surface area contributed by atoms with Crippen LogP contribution in [0.15, 0.2) is 48.8 Å². The van der Waals surface area contributed by atoms with Gasteiger partial charge in [-0.15, -0.1) is 0 Å². The first-order valence-electron chi connectivity index (χ1n) is 15.0. The van der Waals surface area contributed by atoms with Gasteiger partial charge in [-0.05, 0) is 69.3 Å². The maximum atomic E-state index is 15.1. The molecule has 1 fully saturated rings. The average molecular weight is 571 g/mol. The van der Waals surface area contributed by atoms with Gasteiger partial charge in [0, 0.05) is 53.6 Å². The molecule has 0 N–H and O–H groups in total. The summed E-state index contributed by atoms with van der Waals surface area (Å²) >= 11 is 0. The van der Waals surface area contributed by atoms with Crippen LogP contribution in [-0.4, -0.2) is 58.7 Å². The number of ether oxygens (including phenoxy) is 1. The quantitative estimate of drug-likeness (QED) is 0.306. The predicted molar refractivity (Wildman–Crippen MR) is 160 cm³/mol. The van der Waals surface area contributed by atoms with Crippen LogP contribution in [0.5, 0.6) is 6.01 Å². The fourth-order valence-electron chi connectivity index (χ4n) is 6.85. The summed E-state index contributed by atoms with van der Waals surface area (Å²) in [7, 11) is 2.14. The number of halogens is 2. The smallest absolute Gasteiger partial charge is 0.318 e. The SMILES string of the molecule is C[C@@H]1Cc2cncc(F)c2CN1c1nc(OC[C@@H]2CCCCN2C)nc2c1CCN(c1cccc3cccc(F)c13)C2. The average Bonchev–Trinajstić information content (AvgIpc) is 3.00. The maximum Gasteiger partial charge on any atom is 0.318 e. The molecule has 7 nitrogen and oxygen atoms in total. The van der Waals surface area contributed by atoms with Crippen molar-refractivity contribution in [2.75, 3.05) is 36.5 Å². The molecule has 7 rings (SSSR count). The molecule has 2 aromatic heterocycles.